The Hall–Kier alpha value is -1.29. The molecule has 0 saturated heterocycles. The van der Waals surface area contributed by atoms with E-state index < -0.39 is 5.97 Å². The minimum absolute atomic E-state index is 0. The number of carboxylic acid groups (broad SMARTS) is 1. The zero-order valence-corrected chi connectivity index (χ0v) is 12.4. The van der Waals surface area contributed by atoms with E-state index in [2.05, 4.69) is 4.98 Å². The third kappa shape index (κ3) is 3.60. The average molecular weight is 249 g/mol. The van der Waals surface area contributed by atoms with E-state index in [1.165, 1.54) is 0 Å². The van der Waals surface area contributed by atoms with Gasteiger partial charge in [-0.3, -0.25) is 0 Å². The first-order chi connectivity index (χ1) is 8.16. The van der Waals surface area contributed by atoms with Crippen molar-refractivity contribution in [1.29, 1.82) is 0 Å². The minimum Gasteiger partial charge on any atom is -0.545 e. The largest absolute Gasteiger partial charge is 1.00 e. The van der Waals surface area contributed by atoms with E-state index >= 15 is 0 Å². The van der Waals surface area contributed by atoms with Crippen molar-refractivity contribution < 1.29 is 39.5 Å². The van der Waals surface area contributed by atoms with Gasteiger partial charge in [-0.15, -0.1) is 0 Å². The van der Waals surface area contributed by atoms with Crippen molar-refractivity contribution in [2.45, 2.75) is 6.92 Å². The Balaban J connectivity index is 0.00000162. The number of aromatic amines is 1. The third-order valence-corrected chi connectivity index (χ3v) is 2.49. The van der Waals surface area contributed by atoms with Gasteiger partial charge in [0.25, 0.3) is 0 Å². The quantitative estimate of drug-likeness (QED) is 0.426. The molecular weight excluding hydrogens is 237 g/mol. The van der Waals surface area contributed by atoms with Crippen molar-refractivity contribution in [3.63, 3.8) is 0 Å². The number of benzene rings is 1. The molecule has 0 radical (unpaired) electrons. The van der Waals surface area contributed by atoms with Gasteiger partial charge in [0.2, 0.25) is 0 Å². The number of allylic oxidation sites excluding steroid dienone is 2. The molecule has 0 spiro atoms. The maximum absolute atomic E-state index is 10.4. The minimum atomic E-state index is -1.17. The predicted octanol–water partition coefficient (Wildman–Crippen LogP) is -1.12. The van der Waals surface area contributed by atoms with Crippen LogP contribution >= 0.6 is 0 Å². The van der Waals surface area contributed by atoms with E-state index in [-0.39, 0.29) is 29.6 Å². The summed E-state index contributed by atoms with van der Waals surface area (Å²) in [6.45, 7) is 1.72. The number of H-pyrrole nitrogens is 1. The molecule has 0 amide bonds. The smallest absolute Gasteiger partial charge is 0.545 e. The second kappa shape index (κ2) is 6.59. The number of rotatable bonds is 3. The number of hydrogen-bond donors (Lipinski definition) is 1. The Morgan fingerprint density at radius 3 is 2.78 bits per heavy atom. The average Bonchev–Trinajstić information content (AvgIpc) is 2.69. The van der Waals surface area contributed by atoms with Crippen LogP contribution in [0.25, 0.3) is 17.0 Å². The summed E-state index contributed by atoms with van der Waals surface area (Å²) in [5.41, 5.74) is 2.75. The molecular formula is C14H12NNaO2. The molecule has 0 saturated carbocycles. The second-order valence-corrected chi connectivity index (χ2v) is 3.83. The van der Waals surface area contributed by atoms with E-state index in [1.807, 2.05) is 36.5 Å². The van der Waals surface area contributed by atoms with Crippen LogP contribution in [-0.4, -0.2) is 11.0 Å². The number of para-hydroxylation sites is 1. The topological polar surface area (TPSA) is 55.9 Å². The number of carbonyl (C=O) groups excluding carboxylic acids is 1. The van der Waals surface area contributed by atoms with Crippen molar-refractivity contribution in [2.75, 3.05) is 0 Å². The van der Waals surface area contributed by atoms with E-state index in [1.54, 1.807) is 13.0 Å². The summed E-state index contributed by atoms with van der Waals surface area (Å²) in [5, 5.41) is 11.5. The van der Waals surface area contributed by atoms with Gasteiger partial charge in [0.05, 0.1) is 5.97 Å². The van der Waals surface area contributed by atoms with Crippen LogP contribution in [-0.2, 0) is 4.79 Å². The first-order valence-electron chi connectivity index (χ1n) is 5.30. The summed E-state index contributed by atoms with van der Waals surface area (Å²) in [7, 11) is 0. The van der Waals surface area contributed by atoms with Crippen LogP contribution in [0.1, 0.15) is 12.5 Å². The number of nitrogens with one attached hydrogen (secondary N) is 1. The van der Waals surface area contributed by atoms with Gasteiger partial charge < -0.3 is 14.9 Å². The summed E-state index contributed by atoms with van der Waals surface area (Å²) in [6.07, 6.45) is 6.61. The Bertz CT molecular complexity index is 611. The molecule has 18 heavy (non-hydrogen) atoms. The maximum atomic E-state index is 10.4. The fourth-order valence-electron chi connectivity index (χ4n) is 1.69. The van der Waals surface area contributed by atoms with Gasteiger partial charge in [0.15, 0.2) is 0 Å². The van der Waals surface area contributed by atoms with Crippen LogP contribution in [0.5, 0.6) is 0 Å². The molecule has 1 aromatic heterocycles. The molecule has 0 aliphatic rings. The van der Waals surface area contributed by atoms with Gasteiger partial charge in [0.1, 0.15) is 0 Å². The SMILES string of the molecule is CC(C=Cc1c[nH]c2ccccc12)=CC(=O)[O-].[Na+]. The molecule has 0 bridgehead atoms. The molecule has 1 heterocycles. The standard InChI is InChI=1S/C14H13NO2.Na/c1-10(8-14(16)17)6-7-11-9-15-13-5-3-2-4-12(11)13;/h2-9,15H,1H3,(H,16,17);/q;+1/p-1. The van der Waals surface area contributed by atoms with E-state index in [0.29, 0.717) is 5.57 Å². The molecule has 2 aromatic rings. The number of aliphatic carboxylic acids is 1. The zero-order chi connectivity index (χ0) is 12.3. The normalized spacial score (nSPS) is 11.7. The van der Waals surface area contributed by atoms with Gasteiger partial charge in [-0.25, -0.2) is 0 Å². The molecule has 4 heteroatoms. The molecule has 0 fully saturated rings. The van der Waals surface area contributed by atoms with E-state index in [0.717, 1.165) is 22.5 Å². The summed E-state index contributed by atoms with van der Waals surface area (Å²) in [4.78, 5) is 13.5. The Labute approximate surface area is 128 Å². The molecule has 1 N–H and O–H groups in total. The van der Waals surface area contributed by atoms with E-state index in [9.17, 15) is 9.90 Å². The van der Waals surface area contributed by atoms with Crippen LogP contribution < -0.4 is 34.7 Å². The van der Waals surface area contributed by atoms with Crippen LogP contribution in [0.2, 0.25) is 0 Å². The molecule has 2 rings (SSSR count). The van der Waals surface area contributed by atoms with Crippen molar-refractivity contribution in [3.05, 3.63) is 53.8 Å². The second-order valence-electron chi connectivity index (χ2n) is 3.83. The van der Waals surface area contributed by atoms with Crippen molar-refractivity contribution in [2.24, 2.45) is 0 Å². The summed E-state index contributed by atoms with van der Waals surface area (Å²) in [6, 6.07) is 7.95. The molecule has 86 valence electrons. The first kappa shape index (κ1) is 14.8. The number of carbonyl (C=O) groups is 1. The Morgan fingerprint density at radius 2 is 2.06 bits per heavy atom. The van der Waals surface area contributed by atoms with Gasteiger partial charge in [-0.2, -0.15) is 0 Å². The van der Waals surface area contributed by atoms with Crippen LogP contribution in [0.4, 0.5) is 0 Å². The molecule has 1 aromatic carbocycles. The van der Waals surface area contributed by atoms with Gasteiger partial charge in [0, 0.05) is 17.1 Å². The predicted molar refractivity (Wildman–Crippen MR) is 66.1 cm³/mol. The summed E-state index contributed by atoms with van der Waals surface area (Å²) >= 11 is 0. The molecule has 3 nitrogen and oxygen atoms in total. The number of hydrogen-bond acceptors (Lipinski definition) is 2. The molecule has 0 aliphatic heterocycles. The summed E-state index contributed by atoms with van der Waals surface area (Å²) in [5.74, 6) is -1.17. The number of fused-ring (bicyclic) bond motifs is 1. The fourth-order valence-corrected chi connectivity index (χ4v) is 1.69. The number of carboxylic acids is 1. The van der Waals surface area contributed by atoms with Crippen molar-refractivity contribution in [3.8, 4) is 0 Å². The number of aromatic nitrogens is 1. The van der Waals surface area contributed by atoms with Crippen molar-refractivity contribution >= 4 is 22.9 Å². The third-order valence-electron chi connectivity index (χ3n) is 2.49. The molecule has 0 atom stereocenters. The maximum Gasteiger partial charge on any atom is 1.00 e. The fraction of sp³-hybridized carbons (Fsp3) is 0.0714. The summed E-state index contributed by atoms with van der Waals surface area (Å²) < 4.78 is 0. The molecule has 0 aliphatic carbocycles. The van der Waals surface area contributed by atoms with Gasteiger partial charge in [-0.05, 0) is 30.2 Å². The van der Waals surface area contributed by atoms with Crippen LogP contribution in [0, 0.1) is 0 Å². The first-order valence-corrected chi connectivity index (χ1v) is 5.30. The van der Waals surface area contributed by atoms with Crippen LogP contribution in [0.3, 0.4) is 0 Å². The van der Waals surface area contributed by atoms with Crippen molar-refractivity contribution in [1.82, 2.24) is 4.98 Å². The Morgan fingerprint density at radius 1 is 1.33 bits per heavy atom. The molecule has 0 unspecified atom stereocenters. The monoisotopic (exact) mass is 249 g/mol. The Kier molecular flexibility index (Phi) is 5.41. The van der Waals surface area contributed by atoms with Gasteiger partial charge >= 0.3 is 29.6 Å². The zero-order valence-electron chi connectivity index (χ0n) is 10.4. The van der Waals surface area contributed by atoms with Gasteiger partial charge in [-0.1, -0.05) is 30.4 Å². The van der Waals surface area contributed by atoms with Crippen LogP contribution in [0.15, 0.2) is 48.2 Å². The van der Waals surface area contributed by atoms with E-state index in [4.69, 9.17) is 0 Å².